The van der Waals surface area contributed by atoms with E-state index in [0.29, 0.717) is 25.9 Å². The number of aliphatic hydroxyl groups excluding tert-OH is 1. The van der Waals surface area contributed by atoms with Gasteiger partial charge in [-0.25, -0.2) is 0 Å². The van der Waals surface area contributed by atoms with Gasteiger partial charge in [0.1, 0.15) is 0 Å². The van der Waals surface area contributed by atoms with Gasteiger partial charge in [-0.1, -0.05) is 30.2 Å². The van der Waals surface area contributed by atoms with Crippen molar-refractivity contribution in [3.63, 3.8) is 0 Å². The van der Waals surface area contributed by atoms with E-state index in [0.717, 1.165) is 12.8 Å². The molecule has 2 unspecified atom stereocenters. The van der Waals surface area contributed by atoms with Crippen LogP contribution in [-0.4, -0.2) is 63.8 Å². The quantitative estimate of drug-likeness (QED) is 0.192. The number of aliphatic hydroxyl groups is 1. The minimum atomic E-state index is -1.20. The van der Waals surface area contributed by atoms with Crippen molar-refractivity contribution < 1.29 is 38.4 Å². The number of Topliss-reactive ketones (excluding diaryl/α,β-unsaturated/α-hetero) is 1. The van der Waals surface area contributed by atoms with E-state index in [1.54, 1.807) is 13.8 Å². The highest BCUT2D eigenvalue weighted by molar-refractivity contribution is 5.97. The van der Waals surface area contributed by atoms with Crippen LogP contribution in [0.2, 0.25) is 0 Å². The molecule has 1 aliphatic rings. The fourth-order valence-corrected chi connectivity index (χ4v) is 4.65. The van der Waals surface area contributed by atoms with Gasteiger partial charge in [0.2, 0.25) is 23.1 Å². The maximum atomic E-state index is 13.2. The summed E-state index contributed by atoms with van der Waals surface area (Å²) in [5.41, 5.74) is 2.34. The lowest BCUT2D eigenvalue weighted by Gasteiger charge is -2.43. The lowest BCUT2D eigenvalue weighted by molar-refractivity contribution is -0.244. The summed E-state index contributed by atoms with van der Waals surface area (Å²) >= 11 is 0. The number of rotatable bonds is 15. The molecule has 0 aliphatic heterocycles. The van der Waals surface area contributed by atoms with Crippen LogP contribution in [0.25, 0.3) is 0 Å². The summed E-state index contributed by atoms with van der Waals surface area (Å²) in [5, 5.41) is 10.3. The van der Waals surface area contributed by atoms with Gasteiger partial charge in [0.15, 0.2) is 0 Å². The van der Waals surface area contributed by atoms with E-state index in [4.69, 9.17) is 23.7 Å². The first-order chi connectivity index (χ1) is 17.0. The number of ether oxygens (including phenoxy) is 5. The Hall–Kier alpha value is -2.16. The summed E-state index contributed by atoms with van der Waals surface area (Å²) in [6.07, 6.45) is 6.99. The Labute approximate surface area is 216 Å². The Morgan fingerprint density at radius 2 is 1.67 bits per heavy atom. The van der Waals surface area contributed by atoms with Crippen molar-refractivity contribution in [3.8, 4) is 0 Å². The van der Waals surface area contributed by atoms with E-state index < -0.39 is 17.8 Å². The topological polar surface area (TPSA) is 101 Å². The number of allylic oxidation sites excluding steroid dienone is 5. The fraction of sp³-hybridized carbons (Fsp3) is 0.714. The van der Waals surface area contributed by atoms with Crippen LogP contribution in [0.4, 0.5) is 0 Å². The van der Waals surface area contributed by atoms with E-state index in [2.05, 4.69) is 19.1 Å². The normalized spacial score (nSPS) is 22.3. The van der Waals surface area contributed by atoms with Crippen molar-refractivity contribution in [3.05, 3.63) is 34.8 Å². The third-order valence-electron chi connectivity index (χ3n) is 7.12. The number of esters is 1. The highest BCUT2D eigenvalue weighted by Gasteiger charge is 2.54. The Kier molecular flexibility index (Phi) is 13.4. The molecule has 1 N–H and O–H groups in total. The molecular formula is C28H46O8. The average Bonchev–Trinajstić information content (AvgIpc) is 2.86. The predicted molar refractivity (Wildman–Crippen MR) is 138 cm³/mol. The Bertz CT molecular complexity index is 821. The average molecular weight is 511 g/mol. The monoisotopic (exact) mass is 510 g/mol. The molecule has 1 rings (SSSR count). The zero-order valence-electron chi connectivity index (χ0n) is 23.5. The molecule has 0 radical (unpaired) electrons. The van der Waals surface area contributed by atoms with Gasteiger partial charge in [-0.2, -0.15) is 0 Å². The molecule has 0 spiro atoms. The number of methoxy groups -OCH3 is 4. The molecular weight excluding hydrogens is 464 g/mol. The van der Waals surface area contributed by atoms with Crippen LogP contribution in [0.15, 0.2) is 34.8 Å². The number of hydrogen-bond donors (Lipinski definition) is 1. The van der Waals surface area contributed by atoms with Crippen LogP contribution in [0.3, 0.4) is 0 Å². The van der Waals surface area contributed by atoms with Crippen LogP contribution < -0.4 is 0 Å². The van der Waals surface area contributed by atoms with Crippen molar-refractivity contribution in [1.82, 2.24) is 0 Å². The van der Waals surface area contributed by atoms with Crippen molar-refractivity contribution >= 4 is 11.8 Å². The second-order valence-electron chi connectivity index (χ2n) is 9.42. The van der Waals surface area contributed by atoms with Gasteiger partial charge < -0.3 is 28.8 Å². The fourth-order valence-electron chi connectivity index (χ4n) is 4.65. The van der Waals surface area contributed by atoms with Crippen molar-refractivity contribution in [2.24, 2.45) is 17.8 Å². The Morgan fingerprint density at radius 1 is 1.06 bits per heavy atom. The van der Waals surface area contributed by atoms with Crippen LogP contribution in [0.1, 0.15) is 66.7 Å². The molecule has 8 heteroatoms. The largest absolute Gasteiger partial charge is 0.492 e. The number of ketones is 1. The molecule has 8 nitrogen and oxygen atoms in total. The van der Waals surface area contributed by atoms with Gasteiger partial charge in [-0.15, -0.1) is 0 Å². The lowest BCUT2D eigenvalue weighted by Crippen LogP contribution is -2.52. The zero-order chi connectivity index (χ0) is 27.5. The van der Waals surface area contributed by atoms with E-state index >= 15 is 0 Å². The van der Waals surface area contributed by atoms with Gasteiger partial charge in [-0.3, -0.25) is 9.59 Å². The Balaban J connectivity index is 2.75. The molecule has 0 bridgehead atoms. The molecule has 0 fully saturated rings. The molecule has 0 amide bonds. The van der Waals surface area contributed by atoms with Crippen molar-refractivity contribution in [2.75, 3.05) is 35.0 Å². The maximum Gasteiger partial charge on any atom is 0.311 e. The summed E-state index contributed by atoms with van der Waals surface area (Å²) in [6.45, 7) is 9.77. The maximum absolute atomic E-state index is 13.2. The van der Waals surface area contributed by atoms with Gasteiger partial charge >= 0.3 is 5.97 Å². The lowest BCUT2D eigenvalue weighted by atomic mass is 9.75. The number of carbonyl (C=O) groups excluding carboxylic acids is 2. The molecule has 0 saturated carbocycles. The summed E-state index contributed by atoms with van der Waals surface area (Å²) in [5.74, 6) is -2.50. The molecule has 4 atom stereocenters. The number of carbonyl (C=O) groups is 2. The highest BCUT2D eigenvalue weighted by Crippen LogP contribution is 2.44. The molecule has 0 heterocycles. The second kappa shape index (κ2) is 15.2. The van der Waals surface area contributed by atoms with E-state index in [1.807, 2.05) is 13.8 Å². The van der Waals surface area contributed by atoms with Crippen molar-refractivity contribution in [2.45, 2.75) is 78.6 Å². The summed E-state index contributed by atoms with van der Waals surface area (Å²) < 4.78 is 27.3. The first kappa shape index (κ1) is 31.9. The van der Waals surface area contributed by atoms with E-state index in [1.165, 1.54) is 39.6 Å². The first-order valence-corrected chi connectivity index (χ1v) is 12.7. The minimum Gasteiger partial charge on any atom is -0.492 e. The number of hydrogen-bond acceptors (Lipinski definition) is 8. The van der Waals surface area contributed by atoms with E-state index in [-0.39, 0.29) is 35.1 Å². The summed E-state index contributed by atoms with van der Waals surface area (Å²) in [7, 11) is 5.99. The molecule has 36 heavy (non-hydrogen) atoms. The molecule has 0 aromatic heterocycles. The van der Waals surface area contributed by atoms with Crippen LogP contribution in [0, 0.1) is 17.8 Å². The predicted octanol–water partition coefficient (Wildman–Crippen LogP) is 4.72. The highest BCUT2D eigenvalue weighted by atomic mass is 16.7. The zero-order valence-corrected chi connectivity index (χ0v) is 23.5. The van der Waals surface area contributed by atoms with Gasteiger partial charge in [0.25, 0.3) is 0 Å². The van der Waals surface area contributed by atoms with Gasteiger partial charge in [0, 0.05) is 26.1 Å². The smallest absolute Gasteiger partial charge is 0.311 e. The van der Waals surface area contributed by atoms with Crippen molar-refractivity contribution in [1.29, 1.82) is 0 Å². The van der Waals surface area contributed by atoms with E-state index in [9.17, 15) is 14.7 Å². The molecule has 206 valence electrons. The summed E-state index contributed by atoms with van der Waals surface area (Å²) in [6, 6.07) is 0. The van der Waals surface area contributed by atoms with Gasteiger partial charge in [-0.05, 0) is 59.8 Å². The standard InChI is InChI=1S/C28H46O8/c1-10-36-27(31)20(4)23(29)17-15-19(3)13-11-12-18(2)14-16-22-21(5)28(34-8,35-9)26(33-7)25(32-6)24(22)30/h13-14,20-23,29H,10-12,15-17H2,1-9H3/b18-14+,19-13+/t20?,21-,22+,23?/m1/s1. The minimum absolute atomic E-state index is 0.123. The SMILES string of the molecule is CCOC(=O)C(C)C(O)CC/C(C)=C/CC/C(C)=C/C[C@@H]1C(=O)C(OC)=C(OC)C(OC)(OC)[C@@H]1C. The molecule has 0 aromatic carbocycles. The van der Waals surface area contributed by atoms with Gasteiger partial charge in [0.05, 0.1) is 32.8 Å². The van der Waals surface area contributed by atoms with Crippen LogP contribution >= 0.6 is 0 Å². The third-order valence-corrected chi connectivity index (χ3v) is 7.12. The summed E-state index contributed by atoms with van der Waals surface area (Å²) in [4.78, 5) is 24.9. The second-order valence-corrected chi connectivity index (χ2v) is 9.42. The van der Waals surface area contributed by atoms with Crippen LogP contribution in [-0.2, 0) is 33.3 Å². The molecule has 1 aliphatic carbocycles. The molecule has 0 aromatic rings. The first-order valence-electron chi connectivity index (χ1n) is 12.7. The Morgan fingerprint density at radius 3 is 2.19 bits per heavy atom. The van der Waals surface area contributed by atoms with Crippen LogP contribution in [0.5, 0.6) is 0 Å². The molecule has 0 saturated heterocycles. The third kappa shape index (κ3) is 7.67.